The average Bonchev–Trinajstić information content (AvgIpc) is 3.68. The van der Waals surface area contributed by atoms with Crippen LogP contribution < -0.4 is 21.9 Å². The molecule has 0 bridgehead atoms. The molecule has 0 unspecified atom stereocenters. The van der Waals surface area contributed by atoms with Crippen molar-refractivity contribution < 1.29 is 18.2 Å². The Labute approximate surface area is 357 Å². The number of hydrogen-bond donors (Lipinski definition) is 4. The number of aryl methyl sites for hydroxylation is 2. The lowest BCUT2D eigenvalue weighted by molar-refractivity contribution is 0.321. The maximum Gasteiger partial charge on any atom is 0.254 e. The summed E-state index contributed by atoms with van der Waals surface area (Å²) in [6.45, 7) is 15.7. The zero-order valence-corrected chi connectivity index (χ0v) is 37.3. The van der Waals surface area contributed by atoms with E-state index >= 15 is 0 Å². The topological polar surface area (TPSA) is 249 Å². The molecule has 0 spiro atoms. The first-order chi connectivity index (χ1) is 28.4. The van der Waals surface area contributed by atoms with Gasteiger partial charge in [0.2, 0.25) is 9.05 Å². The van der Waals surface area contributed by atoms with Crippen molar-refractivity contribution >= 4 is 86.4 Å². The van der Waals surface area contributed by atoms with Gasteiger partial charge in [0.15, 0.2) is 11.3 Å². The maximum atomic E-state index is 11.6. The summed E-state index contributed by atoms with van der Waals surface area (Å²) in [4.78, 5) is 18.8. The number of rotatable bonds is 12. The molecule has 0 aliphatic rings. The Kier molecular flexibility index (Phi) is 19.7. The minimum atomic E-state index is -3.55. The molecular weight excluding hydrogens is 838 g/mol. The standard InChI is InChI=1S/C15H16N6O2S.C13H14N6.C6H15N.C2H4Cl2O2S.C2H6/c1-3-24(22,23)20-11-6-4-5-10(7-11)8-12-13-14(16)17-9-18-15(13)21(2)19-12;1-19-13-11(12(15)16-7-17-13)10(18-19)6-8-3-2-4-9(14)5-8;1-4-7(5-2)6-3;3-1-2-7(4,5)6;1-2/h3-7,9,20H,1,8H2,2H3,(H2,16,17,18);2-5,7H,6,14H2,1H3,(H2,15,16,17);4-6H2,1-3H3;1-2H2;1-2H3/i;;;;1D. The van der Waals surface area contributed by atoms with Gasteiger partial charge in [-0.15, -0.1) is 11.6 Å². The molecule has 21 heteroatoms. The second-order valence-electron chi connectivity index (χ2n) is 12.2. The molecule has 4 heterocycles. The van der Waals surface area contributed by atoms with E-state index in [0.29, 0.717) is 48.1 Å². The monoisotopic (exact) mass is 892 g/mol. The van der Waals surface area contributed by atoms with E-state index in [1.54, 1.807) is 41.5 Å². The Morgan fingerprint density at radius 2 is 1.27 bits per heavy atom. The van der Waals surface area contributed by atoms with Crippen LogP contribution >= 0.6 is 22.3 Å². The Balaban J connectivity index is 0.000000304. The first-order valence-electron chi connectivity index (χ1n) is 19.0. The predicted octanol–water partition coefficient (Wildman–Crippen LogP) is 5.71. The Hall–Kier alpha value is -5.08. The molecule has 4 aromatic heterocycles. The van der Waals surface area contributed by atoms with Crippen LogP contribution in [0.1, 0.15) is 58.5 Å². The number of nitrogens with two attached hydrogens (primary N) is 3. The molecule has 0 aliphatic heterocycles. The molecule has 322 valence electrons. The fraction of sp³-hybridized carbons (Fsp3) is 0.368. The van der Waals surface area contributed by atoms with Gasteiger partial charge in [-0.25, -0.2) is 36.8 Å². The zero-order chi connectivity index (χ0) is 45.0. The number of sulfonamides is 1. The van der Waals surface area contributed by atoms with Crippen LogP contribution in [-0.2, 0) is 46.0 Å². The molecular formula is C38H55Cl2N13O4S2. The SMILES string of the molecule is C=CS(=O)(=O)Nc1cccc(Cc2nn(C)c3ncnc(N)c23)c1.CCN(CC)CC.Cn1nc(Cc2cccc(N)c2)c2c(N)ncnc21.O=S(=O)(Cl)CCCl.[2H]CC. The van der Waals surface area contributed by atoms with E-state index in [9.17, 15) is 16.8 Å². The lowest BCUT2D eigenvalue weighted by Crippen LogP contribution is -2.21. The van der Waals surface area contributed by atoms with Gasteiger partial charge in [-0.3, -0.25) is 14.1 Å². The molecule has 0 aliphatic carbocycles. The van der Waals surface area contributed by atoms with Gasteiger partial charge in [0.05, 0.1) is 27.9 Å². The van der Waals surface area contributed by atoms with Crippen molar-refractivity contribution in [2.45, 2.75) is 47.4 Å². The fourth-order valence-electron chi connectivity index (χ4n) is 5.43. The van der Waals surface area contributed by atoms with Gasteiger partial charge in [-0.1, -0.05) is 65.4 Å². The summed E-state index contributed by atoms with van der Waals surface area (Å²) in [5.74, 6) is 0.728. The van der Waals surface area contributed by atoms with Crippen LogP contribution in [0.5, 0.6) is 0 Å². The van der Waals surface area contributed by atoms with Crippen molar-refractivity contribution in [1.82, 2.24) is 44.4 Å². The smallest absolute Gasteiger partial charge is 0.254 e. The van der Waals surface area contributed by atoms with Gasteiger partial charge in [0.1, 0.15) is 24.3 Å². The minimum Gasteiger partial charge on any atom is -0.399 e. The van der Waals surface area contributed by atoms with Gasteiger partial charge in [-0.05, 0) is 55.0 Å². The highest BCUT2D eigenvalue weighted by atomic mass is 35.7. The number of nitrogens with zero attached hydrogens (tertiary/aromatic N) is 9. The summed E-state index contributed by atoms with van der Waals surface area (Å²) in [6.07, 6.45) is 3.97. The summed E-state index contributed by atoms with van der Waals surface area (Å²) in [7, 11) is 1.47. The molecule has 0 atom stereocenters. The van der Waals surface area contributed by atoms with Gasteiger partial charge in [0, 0.05) is 61.7 Å². The predicted molar refractivity (Wildman–Crippen MR) is 242 cm³/mol. The lowest BCUT2D eigenvalue weighted by atomic mass is 10.1. The van der Waals surface area contributed by atoms with E-state index in [4.69, 9.17) is 40.9 Å². The average molecular weight is 894 g/mol. The third kappa shape index (κ3) is 15.9. The van der Waals surface area contributed by atoms with Gasteiger partial charge in [0.25, 0.3) is 10.0 Å². The Morgan fingerprint density at radius 3 is 1.64 bits per heavy atom. The van der Waals surface area contributed by atoms with E-state index in [1.165, 1.54) is 32.3 Å². The molecule has 59 heavy (non-hydrogen) atoms. The number of anilines is 4. The fourth-order valence-corrected chi connectivity index (χ4v) is 7.23. The second-order valence-corrected chi connectivity index (χ2v) is 17.1. The molecule has 6 rings (SSSR count). The molecule has 0 saturated heterocycles. The van der Waals surface area contributed by atoms with Gasteiger partial charge >= 0.3 is 0 Å². The van der Waals surface area contributed by atoms with Crippen LogP contribution in [0.3, 0.4) is 0 Å². The van der Waals surface area contributed by atoms with E-state index in [2.05, 4.69) is 67.1 Å². The number of hydrogen-bond acceptors (Lipinski definition) is 14. The van der Waals surface area contributed by atoms with Crippen LogP contribution in [0, 0.1) is 0 Å². The third-order valence-electron chi connectivity index (χ3n) is 8.21. The van der Waals surface area contributed by atoms with E-state index in [1.807, 2.05) is 37.4 Å². The highest BCUT2D eigenvalue weighted by Gasteiger charge is 2.16. The molecule has 6 aromatic rings. The highest BCUT2D eigenvalue weighted by Crippen LogP contribution is 2.25. The largest absolute Gasteiger partial charge is 0.399 e. The van der Waals surface area contributed by atoms with Crippen LogP contribution in [0.2, 0.25) is 0 Å². The van der Waals surface area contributed by atoms with Crippen molar-refractivity contribution in [2.75, 3.05) is 53.2 Å². The third-order valence-corrected chi connectivity index (χ3v) is 10.7. The first-order valence-corrected chi connectivity index (χ1v) is 22.9. The number of nitrogens with one attached hydrogen (secondary N) is 1. The molecule has 7 N–H and O–H groups in total. The van der Waals surface area contributed by atoms with Crippen LogP contribution in [0.25, 0.3) is 22.1 Å². The van der Waals surface area contributed by atoms with Crippen molar-refractivity contribution in [2.24, 2.45) is 14.1 Å². The van der Waals surface area contributed by atoms with Crippen LogP contribution in [0.4, 0.5) is 23.0 Å². The molecule has 0 radical (unpaired) electrons. The van der Waals surface area contributed by atoms with E-state index < -0.39 is 19.1 Å². The zero-order valence-electron chi connectivity index (χ0n) is 35.2. The number of alkyl halides is 1. The van der Waals surface area contributed by atoms with Crippen molar-refractivity contribution in [1.29, 1.82) is 0 Å². The molecule has 0 fully saturated rings. The van der Waals surface area contributed by atoms with Gasteiger partial charge < -0.3 is 22.1 Å². The van der Waals surface area contributed by atoms with E-state index in [0.717, 1.165) is 44.6 Å². The lowest BCUT2D eigenvalue weighted by Gasteiger charge is -2.13. The highest BCUT2D eigenvalue weighted by molar-refractivity contribution is 8.13. The second kappa shape index (κ2) is 24.1. The summed E-state index contributed by atoms with van der Waals surface area (Å²) in [6, 6.07) is 14.8. The van der Waals surface area contributed by atoms with Crippen LogP contribution in [-0.4, -0.2) is 92.5 Å². The number of fused-ring (bicyclic) bond motifs is 2. The number of nitrogen functional groups attached to an aromatic ring is 3. The summed E-state index contributed by atoms with van der Waals surface area (Å²) in [5.41, 5.74) is 23.8. The van der Waals surface area contributed by atoms with Crippen molar-refractivity contribution in [3.05, 3.63) is 95.7 Å². The normalized spacial score (nSPS) is 11.2. The quantitative estimate of drug-likeness (QED) is 0.0653. The number of aromatic nitrogens is 8. The number of benzene rings is 2. The minimum absolute atomic E-state index is 0.0613. The van der Waals surface area contributed by atoms with Crippen LogP contribution in [0.15, 0.2) is 73.2 Å². The summed E-state index contributed by atoms with van der Waals surface area (Å²) >= 11 is 5.02. The van der Waals surface area contributed by atoms with Crippen molar-refractivity contribution in [3.63, 3.8) is 0 Å². The number of halogens is 2. The Morgan fingerprint density at radius 1 is 0.814 bits per heavy atom. The molecule has 17 nitrogen and oxygen atoms in total. The summed E-state index contributed by atoms with van der Waals surface area (Å²) in [5, 5.41) is 11.3. The summed E-state index contributed by atoms with van der Waals surface area (Å²) < 4.78 is 55.0. The molecule has 2 aromatic carbocycles. The Bertz CT molecular complexity index is 2490. The van der Waals surface area contributed by atoms with Gasteiger partial charge in [-0.2, -0.15) is 10.2 Å². The van der Waals surface area contributed by atoms with Crippen molar-refractivity contribution in [3.8, 4) is 0 Å². The van der Waals surface area contributed by atoms with E-state index in [-0.39, 0.29) is 11.6 Å². The molecule has 0 amide bonds. The maximum absolute atomic E-state index is 11.6. The first kappa shape index (κ1) is 48.3. The molecule has 0 saturated carbocycles.